The van der Waals surface area contributed by atoms with Crippen LogP contribution in [0.2, 0.25) is 5.02 Å². The van der Waals surface area contributed by atoms with Crippen LogP contribution in [-0.4, -0.2) is 25.5 Å². The highest BCUT2D eigenvalue weighted by atomic mass is 35.5. The molecule has 0 fully saturated rings. The number of alkyl halides is 3. The Balaban J connectivity index is 1.55. The molecule has 0 spiro atoms. The molecule has 0 aliphatic heterocycles. The molecule has 6 nitrogen and oxygen atoms in total. The Bertz CT molecular complexity index is 1260. The second-order valence-electron chi connectivity index (χ2n) is 6.37. The number of benzene rings is 1. The summed E-state index contributed by atoms with van der Waals surface area (Å²) >= 11 is 8.52. The fraction of sp³-hybridized carbons (Fsp3) is 0.158. The zero-order chi connectivity index (χ0) is 22.2. The van der Waals surface area contributed by atoms with Crippen LogP contribution in [0.4, 0.5) is 24.0 Å². The van der Waals surface area contributed by atoms with Gasteiger partial charge in [-0.15, -0.1) is 21.5 Å². The lowest BCUT2D eigenvalue weighted by Crippen LogP contribution is -2.22. The first kappa shape index (κ1) is 21.6. The number of hydrogen-bond donors (Lipinski definition) is 0. The SMILES string of the molecule is CC(=O)N(c1cccc(Cl)c1)c1nc(CSc2nnc3ccc(C(F)(F)F)cn23)cs1. The molecule has 0 aliphatic rings. The molecule has 0 atom stereocenters. The first-order valence-corrected chi connectivity index (χ1v) is 11.0. The maximum atomic E-state index is 13.0. The third-order valence-corrected chi connectivity index (χ3v) is 6.25. The normalized spacial score (nSPS) is 11.8. The number of thioether (sulfide) groups is 1. The van der Waals surface area contributed by atoms with Crippen molar-refractivity contribution in [3.63, 3.8) is 0 Å². The van der Waals surface area contributed by atoms with Crippen molar-refractivity contribution in [3.05, 3.63) is 64.3 Å². The van der Waals surface area contributed by atoms with Crippen LogP contribution in [0, 0.1) is 0 Å². The number of carbonyl (C=O) groups is 1. The van der Waals surface area contributed by atoms with Crippen LogP contribution in [0.1, 0.15) is 18.2 Å². The van der Waals surface area contributed by atoms with Crippen LogP contribution in [0.25, 0.3) is 5.65 Å². The summed E-state index contributed by atoms with van der Waals surface area (Å²) in [7, 11) is 0. The Hall–Kier alpha value is -2.63. The van der Waals surface area contributed by atoms with Crippen molar-refractivity contribution in [2.24, 2.45) is 0 Å². The minimum atomic E-state index is -4.46. The number of nitrogens with zero attached hydrogens (tertiary/aromatic N) is 5. The molecule has 4 aromatic rings. The van der Waals surface area contributed by atoms with Gasteiger partial charge in [-0.05, 0) is 30.3 Å². The summed E-state index contributed by atoms with van der Waals surface area (Å²) in [6.45, 7) is 1.43. The van der Waals surface area contributed by atoms with E-state index in [1.807, 2.05) is 0 Å². The average molecular weight is 484 g/mol. The molecule has 0 saturated carbocycles. The van der Waals surface area contributed by atoms with E-state index in [0.29, 0.717) is 38.1 Å². The molecule has 4 rings (SSSR count). The van der Waals surface area contributed by atoms with Crippen molar-refractivity contribution in [1.29, 1.82) is 0 Å². The van der Waals surface area contributed by atoms with Crippen molar-refractivity contribution in [2.45, 2.75) is 24.0 Å². The number of carbonyl (C=O) groups excluding carboxylic acids is 1. The number of halogens is 4. The van der Waals surface area contributed by atoms with E-state index < -0.39 is 11.7 Å². The van der Waals surface area contributed by atoms with Crippen LogP contribution in [0.5, 0.6) is 0 Å². The smallest absolute Gasteiger partial charge is 0.277 e. The van der Waals surface area contributed by atoms with E-state index in [2.05, 4.69) is 15.2 Å². The number of aromatic nitrogens is 4. The number of pyridine rings is 1. The fourth-order valence-electron chi connectivity index (χ4n) is 2.78. The summed E-state index contributed by atoms with van der Waals surface area (Å²) in [6, 6.07) is 9.11. The molecule has 160 valence electrons. The van der Waals surface area contributed by atoms with Gasteiger partial charge in [-0.3, -0.25) is 14.1 Å². The number of fused-ring (bicyclic) bond motifs is 1. The minimum absolute atomic E-state index is 0.223. The van der Waals surface area contributed by atoms with E-state index in [1.165, 1.54) is 45.4 Å². The monoisotopic (exact) mass is 483 g/mol. The average Bonchev–Trinajstić information content (AvgIpc) is 3.32. The predicted octanol–water partition coefficient (Wildman–Crippen LogP) is 5.83. The third kappa shape index (κ3) is 4.68. The van der Waals surface area contributed by atoms with Gasteiger partial charge in [0, 0.05) is 29.3 Å². The van der Waals surface area contributed by atoms with Crippen molar-refractivity contribution >= 4 is 57.1 Å². The topological polar surface area (TPSA) is 63.4 Å². The van der Waals surface area contributed by atoms with E-state index >= 15 is 0 Å². The molecule has 12 heteroatoms. The van der Waals surface area contributed by atoms with Crippen molar-refractivity contribution < 1.29 is 18.0 Å². The highest BCUT2D eigenvalue weighted by Gasteiger charge is 2.31. The van der Waals surface area contributed by atoms with Gasteiger partial charge in [0.2, 0.25) is 5.91 Å². The molecule has 0 saturated heterocycles. The van der Waals surface area contributed by atoms with Gasteiger partial charge in [0.05, 0.1) is 16.9 Å². The number of hydrogen-bond acceptors (Lipinski definition) is 6. The zero-order valence-electron chi connectivity index (χ0n) is 15.8. The lowest BCUT2D eigenvalue weighted by molar-refractivity contribution is -0.137. The molecule has 3 aromatic heterocycles. The van der Waals surface area contributed by atoms with Crippen LogP contribution < -0.4 is 4.90 Å². The van der Waals surface area contributed by atoms with Gasteiger partial charge in [0.25, 0.3) is 0 Å². The number of amides is 1. The molecule has 3 heterocycles. The van der Waals surface area contributed by atoms with Gasteiger partial charge < -0.3 is 0 Å². The Morgan fingerprint density at radius 1 is 1.26 bits per heavy atom. The van der Waals surface area contributed by atoms with Crippen LogP contribution in [0.15, 0.2) is 53.1 Å². The molecule has 31 heavy (non-hydrogen) atoms. The van der Waals surface area contributed by atoms with E-state index in [0.717, 1.165) is 12.3 Å². The molecule has 1 aromatic carbocycles. The van der Waals surface area contributed by atoms with E-state index in [-0.39, 0.29) is 5.91 Å². The molecule has 0 bridgehead atoms. The van der Waals surface area contributed by atoms with Crippen LogP contribution in [-0.2, 0) is 16.7 Å². The van der Waals surface area contributed by atoms with E-state index in [1.54, 1.807) is 29.6 Å². The van der Waals surface area contributed by atoms with Gasteiger partial charge in [-0.2, -0.15) is 13.2 Å². The highest BCUT2D eigenvalue weighted by molar-refractivity contribution is 7.98. The summed E-state index contributed by atoms with van der Waals surface area (Å²) < 4.78 is 40.3. The van der Waals surface area contributed by atoms with Crippen molar-refractivity contribution in [1.82, 2.24) is 19.6 Å². The van der Waals surface area contributed by atoms with Crippen LogP contribution in [0.3, 0.4) is 0 Å². The first-order valence-electron chi connectivity index (χ1n) is 8.78. The van der Waals surface area contributed by atoms with Gasteiger partial charge in [0.1, 0.15) is 0 Å². The van der Waals surface area contributed by atoms with Crippen molar-refractivity contribution in [3.8, 4) is 0 Å². The highest BCUT2D eigenvalue weighted by Crippen LogP contribution is 2.33. The maximum Gasteiger partial charge on any atom is 0.417 e. The molecule has 1 amide bonds. The zero-order valence-corrected chi connectivity index (χ0v) is 18.2. The Morgan fingerprint density at radius 3 is 2.77 bits per heavy atom. The van der Waals surface area contributed by atoms with Crippen LogP contribution >= 0.6 is 34.7 Å². The summed E-state index contributed by atoms with van der Waals surface area (Å²) in [5, 5.41) is 10.9. The molecule has 0 radical (unpaired) electrons. The number of thiazole rings is 1. The molecule has 0 unspecified atom stereocenters. The number of anilines is 2. The third-order valence-electron chi connectivity index (χ3n) is 4.16. The van der Waals surface area contributed by atoms with E-state index in [9.17, 15) is 18.0 Å². The molecule has 0 N–H and O–H groups in total. The summed E-state index contributed by atoms with van der Waals surface area (Å²) in [6.07, 6.45) is -3.48. The second kappa shape index (κ2) is 8.48. The largest absolute Gasteiger partial charge is 0.417 e. The Kier molecular flexibility index (Phi) is 5.91. The second-order valence-corrected chi connectivity index (χ2v) is 8.59. The van der Waals surface area contributed by atoms with Gasteiger partial charge in [0.15, 0.2) is 15.9 Å². The lowest BCUT2D eigenvalue weighted by atomic mass is 10.3. The molecular formula is C19H13ClF3N5OS2. The summed E-state index contributed by atoms with van der Waals surface area (Å²) in [4.78, 5) is 18.1. The maximum absolute atomic E-state index is 13.0. The summed E-state index contributed by atoms with van der Waals surface area (Å²) in [5.41, 5.74) is 0.785. The van der Waals surface area contributed by atoms with Crippen molar-refractivity contribution in [2.75, 3.05) is 4.90 Å². The van der Waals surface area contributed by atoms with Gasteiger partial charge >= 0.3 is 6.18 Å². The Morgan fingerprint density at radius 2 is 2.06 bits per heavy atom. The van der Waals surface area contributed by atoms with Gasteiger partial charge in [-0.25, -0.2) is 4.98 Å². The fourth-order valence-corrected chi connectivity index (χ4v) is 4.77. The van der Waals surface area contributed by atoms with Gasteiger partial charge in [-0.1, -0.05) is 29.4 Å². The quantitative estimate of drug-likeness (QED) is 0.334. The standard InChI is InChI=1S/C19H13ClF3N5OS2/c1-11(29)28(15-4-2-3-13(20)7-15)17-24-14(9-30-17)10-31-18-26-25-16-6-5-12(8-27(16)18)19(21,22)23/h2-9H,10H2,1H3. The predicted molar refractivity (Wildman–Crippen MR) is 114 cm³/mol. The molecule has 0 aliphatic carbocycles. The Labute approximate surface area is 187 Å². The summed E-state index contributed by atoms with van der Waals surface area (Å²) in [5.74, 6) is 0.119. The van der Waals surface area contributed by atoms with E-state index in [4.69, 9.17) is 11.6 Å². The lowest BCUT2D eigenvalue weighted by Gasteiger charge is -2.18. The number of rotatable bonds is 5. The first-order chi connectivity index (χ1) is 14.7. The minimum Gasteiger partial charge on any atom is -0.277 e. The molecular weight excluding hydrogens is 471 g/mol.